The maximum atomic E-state index is 5.53. The average Bonchev–Trinajstić information content (AvgIpc) is 2.63. The molecule has 0 saturated carbocycles. The maximum Gasteiger partial charge on any atom is 0.130 e. The van der Waals surface area contributed by atoms with Crippen LogP contribution >= 0.6 is 0 Å². The molecule has 0 amide bonds. The molecule has 0 aliphatic heterocycles. The second kappa shape index (κ2) is 7.48. The second-order valence-electron chi connectivity index (χ2n) is 4.54. The first kappa shape index (κ1) is 14.2. The van der Waals surface area contributed by atoms with E-state index in [2.05, 4.69) is 13.8 Å². The topological polar surface area (TPSA) is 57.6 Å². The van der Waals surface area contributed by atoms with Gasteiger partial charge < -0.3 is 19.6 Å². The van der Waals surface area contributed by atoms with Crippen LogP contribution in [0.5, 0.6) is 0 Å². The summed E-state index contributed by atoms with van der Waals surface area (Å²) < 4.78 is 16.4. The molecule has 4 heteroatoms. The minimum atomic E-state index is 0.434. The SMILES string of the molecule is Cc1cc(COCCOCC(C)C)oc1CN. The third-order valence-corrected chi connectivity index (χ3v) is 2.32. The van der Waals surface area contributed by atoms with Crippen molar-refractivity contribution in [2.75, 3.05) is 19.8 Å². The van der Waals surface area contributed by atoms with Crippen LogP contribution in [0.3, 0.4) is 0 Å². The van der Waals surface area contributed by atoms with E-state index in [0.717, 1.165) is 23.7 Å². The molecule has 4 nitrogen and oxygen atoms in total. The van der Waals surface area contributed by atoms with Gasteiger partial charge in [0.2, 0.25) is 0 Å². The van der Waals surface area contributed by atoms with Crippen molar-refractivity contribution in [2.45, 2.75) is 33.9 Å². The molecule has 0 unspecified atom stereocenters. The summed E-state index contributed by atoms with van der Waals surface area (Å²) in [6.07, 6.45) is 0. The van der Waals surface area contributed by atoms with Gasteiger partial charge >= 0.3 is 0 Å². The number of furan rings is 1. The molecule has 1 aromatic rings. The fraction of sp³-hybridized carbons (Fsp3) is 0.692. The Labute approximate surface area is 103 Å². The third kappa shape index (κ3) is 5.35. The maximum absolute atomic E-state index is 5.53. The van der Waals surface area contributed by atoms with Crippen molar-refractivity contribution >= 4 is 0 Å². The van der Waals surface area contributed by atoms with Gasteiger partial charge in [-0.25, -0.2) is 0 Å². The van der Waals surface area contributed by atoms with Gasteiger partial charge in [0.25, 0.3) is 0 Å². The highest BCUT2D eigenvalue weighted by Crippen LogP contribution is 2.14. The normalized spacial score (nSPS) is 11.4. The lowest BCUT2D eigenvalue weighted by Crippen LogP contribution is -2.08. The molecule has 17 heavy (non-hydrogen) atoms. The molecule has 0 aliphatic carbocycles. The number of nitrogens with two attached hydrogens (primary N) is 1. The molecule has 0 spiro atoms. The van der Waals surface area contributed by atoms with Gasteiger partial charge in [0.05, 0.1) is 19.8 Å². The molecule has 0 aromatic carbocycles. The molecule has 0 bridgehead atoms. The van der Waals surface area contributed by atoms with E-state index in [0.29, 0.717) is 32.3 Å². The summed E-state index contributed by atoms with van der Waals surface area (Å²) in [4.78, 5) is 0. The summed E-state index contributed by atoms with van der Waals surface area (Å²) in [6, 6.07) is 1.97. The van der Waals surface area contributed by atoms with Crippen molar-refractivity contribution in [2.24, 2.45) is 11.7 Å². The standard InChI is InChI=1S/C13H23NO3/c1-10(2)8-15-4-5-16-9-12-6-11(3)13(7-14)17-12/h6,10H,4-5,7-9,14H2,1-3H3. The Bertz CT molecular complexity index is 320. The van der Waals surface area contributed by atoms with Crippen molar-refractivity contribution in [3.05, 3.63) is 23.2 Å². The van der Waals surface area contributed by atoms with Gasteiger partial charge in [-0.3, -0.25) is 0 Å². The monoisotopic (exact) mass is 241 g/mol. The van der Waals surface area contributed by atoms with Crippen molar-refractivity contribution in [3.63, 3.8) is 0 Å². The Morgan fingerprint density at radius 2 is 2.00 bits per heavy atom. The van der Waals surface area contributed by atoms with E-state index in [1.54, 1.807) is 0 Å². The highest BCUT2D eigenvalue weighted by molar-refractivity contribution is 5.19. The zero-order valence-electron chi connectivity index (χ0n) is 11.0. The zero-order valence-corrected chi connectivity index (χ0v) is 11.0. The van der Waals surface area contributed by atoms with Crippen LogP contribution in [0.25, 0.3) is 0 Å². The Morgan fingerprint density at radius 1 is 1.29 bits per heavy atom. The first-order chi connectivity index (χ1) is 8.13. The Morgan fingerprint density at radius 3 is 2.59 bits per heavy atom. The lowest BCUT2D eigenvalue weighted by atomic mass is 10.2. The van der Waals surface area contributed by atoms with Crippen LogP contribution in [0.2, 0.25) is 0 Å². The molecule has 2 N–H and O–H groups in total. The summed E-state index contributed by atoms with van der Waals surface area (Å²) in [5.74, 6) is 2.22. The third-order valence-electron chi connectivity index (χ3n) is 2.32. The van der Waals surface area contributed by atoms with E-state index in [4.69, 9.17) is 19.6 Å². The summed E-state index contributed by atoms with van der Waals surface area (Å²) in [6.45, 7) is 9.14. The fourth-order valence-corrected chi connectivity index (χ4v) is 1.47. The Kier molecular flexibility index (Phi) is 6.26. The number of hydrogen-bond acceptors (Lipinski definition) is 4. The van der Waals surface area contributed by atoms with Crippen LogP contribution in [0.1, 0.15) is 30.9 Å². The van der Waals surface area contributed by atoms with E-state index in [1.165, 1.54) is 0 Å². The molecule has 1 aromatic heterocycles. The van der Waals surface area contributed by atoms with Crippen molar-refractivity contribution in [1.82, 2.24) is 0 Å². The van der Waals surface area contributed by atoms with Crippen LogP contribution in [0, 0.1) is 12.8 Å². The van der Waals surface area contributed by atoms with Crippen molar-refractivity contribution in [1.29, 1.82) is 0 Å². The highest BCUT2D eigenvalue weighted by Gasteiger charge is 2.05. The molecular formula is C13H23NO3. The first-order valence-corrected chi connectivity index (χ1v) is 6.07. The van der Waals surface area contributed by atoms with Gasteiger partial charge in [-0.05, 0) is 24.5 Å². The van der Waals surface area contributed by atoms with Crippen molar-refractivity contribution < 1.29 is 13.9 Å². The number of ether oxygens (including phenoxy) is 2. The lowest BCUT2D eigenvalue weighted by molar-refractivity contribution is 0.0262. The smallest absolute Gasteiger partial charge is 0.130 e. The molecule has 1 heterocycles. The largest absolute Gasteiger partial charge is 0.462 e. The predicted molar refractivity (Wildman–Crippen MR) is 66.6 cm³/mol. The molecule has 0 atom stereocenters. The van der Waals surface area contributed by atoms with Gasteiger partial charge in [0.1, 0.15) is 18.1 Å². The molecule has 0 aliphatic rings. The lowest BCUT2D eigenvalue weighted by Gasteiger charge is -2.06. The minimum Gasteiger partial charge on any atom is -0.462 e. The van der Waals surface area contributed by atoms with Gasteiger partial charge in [0, 0.05) is 6.61 Å². The van der Waals surface area contributed by atoms with Gasteiger partial charge in [-0.15, -0.1) is 0 Å². The van der Waals surface area contributed by atoms with Gasteiger partial charge in [-0.2, -0.15) is 0 Å². The van der Waals surface area contributed by atoms with Crippen LogP contribution in [-0.2, 0) is 22.6 Å². The van der Waals surface area contributed by atoms with Crippen LogP contribution in [0.4, 0.5) is 0 Å². The van der Waals surface area contributed by atoms with Crippen LogP contribution < -0.4 is 5.73 Å². The van der Waals surface area contributed by atoms with Gasteiger partial charge in [0.15, 0.2) is 0 Å². The van der Waals surface area contributed by atoms with E-state index < -0.39 is 0 Å². The molecule has 0 radical (unpaired) electrons. The molecule has 1 rings (SSSR count). The van der Waals surface area contributed by atoms with E-state index in [-0.39, 0.29) is 0 Å². The first-order valence-electron chi connectivity index (χ1n) is 6.07. The fourth-order valence-electron chi connectivity index (χ4n) is 1.47. The zero-order chi connectivity index (χ0) is 12.7. The highest BCUT2D eigenvalue weighted by atomic mass is 16.5. The van der Waals surface area contributed by atoms with E-state index in [1.807, 2.05) is 13.0 Å². The minimum absolute atomic E-state index is 0.434. The Balaban J connectivity index is 2.13. The van der Waals surface area contributed by atoms with Crippen LogP contribution in [0.15, 0.2) is 10.5 Å². The molecule has 0 saturated heterocycles. The molecule has 0 fully saturated rings. The van der Waals surface area contributed by atoms with Crippen LogP contribution in [-0.4, -0.2) is 19.8 Å². The van der Waals surface area contributed by atoms with Gasteiger partial charge in [-0.1, -0.05) is 13.8 Å². The molecular weight excluding hydrogens is 218 g/mol. The Hall–Kier alpha value is -0.840. The van der Waals surface area contributed by atoms with E-state index in [9.17, 15) is 0 Å². The number of aryl methyl sites for hydroxylation is 1. The second-order valence-corrected chi connectivity index (χ2v) is 4.54. The quantitative estimate of drug-likeness (QED) is 0.709. The summed E-state index contributed by atoms with van der Waals surface area (Å²) in [5.41, 5.74) is 6.62. The summed E-state index contributed by atoms with van der Waals surface area (Å²) in [7, 11) is 0. The average molecular weight is 241 g/mol. The summed E-state index contributed by atoms with van der Waals surface area (Å²) >= 11 is 0. The molecule has 98 valence electrons. The van der Waals surface area contributed by atoms with Crippen molar-refractivity contribution in [3.8, 4) is 0 Å². The number of hydrogen-bond donors (Lipinski definition) is 1. The predicted octanol–water partition coefficient (Wildman–Crippen LogP) is 2.24. The number of rotatable bonds is 8. The van der Waals surface area contributed by atoms with E-state index >= 15 is 0 Å². The summed E-state index contributed by atoms with van der Waals surface area (Å²) in [5, 5.41) is 0.